The van der Waals surface area contributed by atoms with Crippen molar-refractivity contribution in [1.29, 1.82) is 0 Å². The van der Waals surface area contributed by atoms with Crippen LogP contribution >= 0.6 is 0 Å². The van der Waals surface area contributed by atoms with E-state index in [0.717, 1.165) is 0 Å². The predicted molar refractivity (Wildman–Crippen MR) is 68.3 cm³/mol. The fourth-order valence-corrected chi connectivity index (χ4v) is 2.25. The third-order valence-corrected chi connectivity index (χ3v) is 3.34. The number of ether oxygens (including phenoxy) is 1. The van der Waals surface area contributed by atoms with Gasteiger partial charge in [-0.15, -0.1) is 0 Å². The van der Waals surface area contributed by atoms with E-state index in [1.165, 1.54) is 25.3 Å². The molecule has 0 saturated carbocycles. The Balaban J connectivity index is 2.57. The van der Waals surface area contributed by atoms with Crippen molar-refractivity contribution in [2.45, 2.75) is 18.9 Å². The number of nitrogens with one attached hydrogen (secondary N) is 2. The molecule has 1 aliphatic heterocycles. The van der Waals surface area contributed by atoms with E-state index in [0.29, 0.717) is 5.56 Å². The van der Waals surface area contributed by atoms with Gasteiger partial charge in [-0.1, -0.05) is 13.0 Å². The number of benzene rings is 1. The molecule has 8 nitrogen and oxygen atoms in total. The second-order valence-corrected chi connectivity index (χ2v) is 4.31. The smallest absolute Gasteiger partial charge is 0.322 e. The summed E-state index contributed by atoms with van der Waals surface area (Å²) in [4.78, 5) is 33.7. The maximum atomic E-state index is 12.0. The molecule has 0 aliphatic carbocycles. The zero-order valence-electron chi connectivity index (χ0n) is 10.9. The van der Waals surface area contributed by atoms with Crippen molar-refractivity contribution in [2.75, 3.05) is 7.11 Å². The summed E-state index contributed by atoms with van der Waals surface area (Å²) >= 11 is 0. The van der Waals surface area contributed by atoms with E-state index in [-0.39, 0.29) is 17.9 Å². The van der Waals surface area contributed by atoms with Crippen LogP contribution in [0.25, 0.3) is 0 Å². The first-order valence-electron chi connectivity index (χ1n) is 5.91. The molecule has 0 aromatic heterocycles. The van der Waals surface area contributed by atoms with E-state index in [9.17, 15) is 19.7 Å². The molecule has 1 aromatic rings. The van der Waals surface area contributed by atoms with Gasteiger partial charge in [0.2, 0.25) is 0 Å². The lowest BCUT2D eigenvalue weighted by atomic mass is 9.87. The van der Waals surface area contributed by atoms with E-state index in [2.05, 4.69) is 10.6 Å². The van der Waals surface area contributed by atoms with E-state index in [1.807, 2.05) is 0 Å². The van der Waals surface area contributed by atoms with Gasteiger partial charge in [-0.05, 0) is 18.1 Å². The first kappa shape index (κ1) is 13.8. The molecular weight excluding hydrogens is 266 g/mol. The van der Waals surface area contributed by atoms with Gasteiger partial charge in [-0.2, -0.15) is 0 Å². The Labute approximate surface area is 114 Å². The van der Waals surface area contributed by atoms with Crippen LogP contribution in [0, 0.1) is 10.1 Å². The monoisotopic (exact) mass is 279 g/mol. The molecule has 2 N–H and O–H groups in total. The number of carbonyl (C=O) groups is 2. The van der Waals surface area contributed by atoms with Crippen LogP contribution in [0.1, 0.15) is 18.9 Å². The Hall–Kier alpha value is -2.64. The number of hydrogen-bond donors (Lipinski definition) is 2. The van der Waals surface area contributed by atoms with Crippen molar-refractivity contribution in [2.24, 2.45) is 0 Å². The molecule has 1 atom stereocenters. The summed E-state index contributed by atoms with van der Waals surface area (Å²) in [5, 5.41) is 15.7. The standard InChI is InChI=1S/C12H13N3O5/c1-3-12(10(16)13-11(17)14-12)7-4-5-9(20-2)8(6-7)15(18)19/h4-6H,3H2,1-2H3,(H2,13,14,16,17). The first-order valence-corrected chi connectivity index (χ1v) is 5.91. The molecule has 1 aromatic carbocycles. The number of nitro benzene ring substituents is 1. The van der Waals surface area contributed by atoms with Gasteiger partial charge in [0.05, 0.1) is 12.0 Å². The quantitative estimate of drug-likeness (QED) is 0.486. The predicted octanol–water partition coefficient (Wildman–Crippen LogP) is 1.05. The van der Waals surface area contributed by atoms with Crippen LogP contribution in [0.15, 0.2) is 18.2 Å². The van der Waals surface area contributed by atoms with Gasteiger partial charge in [-0.25, -0.2) is 4.79 Å². The number of urea groups is 1. The molecule has 0 bridgehead atoms. The van der Waals surface area contributed by atoms with Crippen molar-refractivity contribution in [1.82, 2.24) is 10.6 Å². The van der Waals surface area contributed by atoms with E-state index < -0.39 is 22.4 Å². The average molecular weight is 279 g/mol. The molecule has 106 valence electrons. The maximum Gasteiger partial charge on any atom is 0.322 e. The molecule has 1 saturated heterocycles. The highest BCUT2D eigenvalue weighted by Gasteiger charge is 2.46. The Morgan fingerprint density at radius 1 is 1.40 bits per heavy atom. The average Bonchev–Trinajstić information content (AvgIpc) is 2.73. The fourth-order valence-electron chi connectivity index (χ4n) is 2.25. The van der Waals surface area contributed by atoms with E-state index in [1.54, 1.807) is 6.92 Å². The van der Waals surface area contributed by atoms with Gasteiger partial charge >= 0.3 is 11.7 Å². The topological polar surface area (TPSA) is 111 Å². The zero-order chi connectivity index (χ0) is 14.9. The Kier molecular flexibility index (Phi) is 3.31. The van der Waals surface area contributed by atoms with Crippen molar-refractivity contribution >= 4 is 17.6 Å². The summed E-state index contributed by atoms with van der Waals surface area (Å²) in [6, 6.07) is 3.56. The summed E-state index contributed by atoms with van der Waals surface area (Å²) in [5.74, 6) is -0.431. The molecule has 1 unspecified atom stereocenters. The molecule has 1 fully saturated rings. The fraction of sp³-hybridized carbons (Fsp3) is 0.333. The summed E-state index contributed by atoms with van der Waals surface area (Å²) in [6.07, 6.45) is 0.272. The largest absolute Gasteiger partial charge is 0.490 e. The van der Waals surface area contributed by atoms with Crippen LogP contribution in [-0.4, -0.2) is 24.0 Å². The number of methoxy groups -OCH3 is 1. The first-order chi connectivity index (χ1) is 9.44. The van der Waals surface area contributed by atoms with Crippen molar-refractivity contribution < 1.29 is 19.2 Å². The summed E-state index contributed by atoms with van der Waals surface area (Å²) < 4.78 is 4.91. The summed E-state index contributed by atoms with van der Waals surface area (Å²) in [5.41, 5.74) is -1.20. The van der Waals surface area contributed by atoms with Crippen molar-refractivity contribution in [3.8, 4) is 5.75 Å². The molecule has 1 heterocycles. The minimum atomic E-state index is -1.28. The Morgan fingerprint density at radius 2 is 2.10 bits per heavy atom. The highest BCUT2D eigenvalue weighted by Crippen LogP contribution is 2.35. The highest BCUT2D eigenvalue weighted by atomic mass is 16.6. The third-order valence-electron chi connectivity index (χ3n) is 3.34. The Morgan fingerprint density at radius 3 is 2.55 bits per heavy atom. The second kappa shape index (κ2) is 4.80. The van der Waals surface area contributed by atoms with Gasteiger partial charge in [0.25, 0.3) is 5.91 Å². The molecule has 1 aliphatic rings. The number of imide groups is 1. The Bertz CT molecular complexity index is 601. The molecular formula is C12H13N3O5. The number of amides is 3. The minimum absolute atomic E-state index is 0.0923. The zero-order valence-corrected chi connectivity index (χ0v) is 10.9. The number of nitro groups is 1. The van der Waals surface area contributed by atoms with E-state index in [4.69, 9.17) is 4.74 Å². The van der Waals surface area contributed by atoms with Crippen LogP contribution in [-0.2, 0) is 10.3 Å². The van der Waals surface area contributed by atoms with Crippen LogP contribution in [0.4, 0.5) is 10.5 Å². The van der Waals surface area contributed by atoms with Gasteiger partial charge in [0.1, 0.15) is 5.54 Å². The lowest BCUT2D eigenvalue weighted by molar-refractivity contribution is -0.385. The molecule has 0 radical (unpaired) electrons. The van der Waals surface area contributed by atoms with Gasteiger partial charge in [-0.3, -0.25) is 20.2 Å². The number of hydrogen-bond acceptors (Lipinski definition) is 5. The maximum absolute atomic E-state index is 12.0. The number of nitrogens with zero attached hydrogens (tertiary/aromatic N) is 1. The SMILES string of the molecule is CCC1(c2ccc(OC)c([N+](=O)[O-])c2)NC(=O)NC1=O. The van der Waals surface area contributed by atoms with Crippen molar-refractivity contribution in [3.63, 3.8) is 0 Å². The second-order valence-electron chi connectivity index (χ2n) is 4.31. The molecule has 2 rings (SSSR count). The summed E-state index contributed by atoms with van der Waals surface area (Å²) in [6.45, 7) is 1.71. The third kappa shape index (κ3) is 1.94. The molecule has 20 heavy (non-hydrogen) atoms. The molecule has 3 amide bonds. The molecule has 0 spiro atoms. The number of rotatable bonds is 4. The van der Waals surface area contributed by atoms with Crippen molar-refractivity contribution in [3.05, 3.63) is 33.9 Å². The lowest BCUT2D eigenvalue weighted by Crippen LogP contribution is -2.43. The normalized spacial score (nSPS) is 21.3. The van der Waals surface area contributed by atoms with Gasteiger partial charge in [0.15, 0.2) is 5.75 Å². The summed E-state index contributed by atoms with van der Waals surface area (Å²) in [7, 11) is 1.32. The van der Waals surface area contributed by atoms with E-state index >= 15 is 0 Å². The lowest BCUT2D eigenvalue weighted by Gasteiger charge is -2.24. The highest BCUT2D eigenvalue weighted by molar-refractivity contribution is 6.07. The molecule has 8 heteroatoms. The minimum Gasteiger partial charge on any atom is -0.490 e. The van der Waals surface area contributed by atoms with Gasteiger partial charge < -0.3 is 10.1 Å². The van der Waals surface area contributed by atoms with Crippen LogP contribution < -0.4 is 15.4 Å². The van der Waals surface area contributed by atoms with Crippen LogP contribution in [0.3, 0.4) is 0 Å². The van der Waals surface area contributed by atoms with Crippen LogP contribution in [0.5, 0.6) is 5.75 Å². The van der Waals surface area contributed by atoms with Gasteiger partial charge in [0, 0.05) is 6.07 Å². The number of carbonyl (C=O) groups excluding carboxylic acids is 2. The van der Waals surface area contributed by atoms with Crippen LogP contribution in [0.2, 0.25) is 0 Å².